The number of hydrogen-bond donors (Lipinski definition) is 1. The summed E-state index contributed by atoms with van der Waals surface area (Å²) < 4.78 is 0. The maximum absolute atomic E-state index is 13.2. The van der Waals surface area contributed by atoms with E-state index in [0.717, 1.165) is 24.3 Å². The summed E-state index contributed by atoms with van der Waals surface area (Å²) in [5, 5.41) is 3.11. The zero-order valence-corrected chi connectivity index (χ0v) is 15.4. The van der Waals surface area contributed by atoms with Crippen molar-refractivity contribution in [2.24, 2.45) is 11.8 Å². The molecule has 1 aliphatic heterocycles. The number of nitrogens with one attached hydrogen (secondary N) is 1. The quantitative estimate of drug-likeness (QED) is 0.881. The first kappa shape index (κ1) is 17.7. The van der Waals surface area contributed by atoms with Crippen LogP contribution in [0.3, 0.4) is 0 Å². The van der Waals surface area contributed by atoms with E-state index in [1.54, 1.807) is 0 Å². The molecule has 1 N–H and O–H groups in total. The molecular formula is C22H28N2O. The number of anilines is 1. The minimum atomic E-state index is -0.243. The molecule has 3 rings (SSSR count). The van der Waals surface area contributed by atoms with Crippen molar-refractivity contribution in [3.8, 4) is 0 Å². The van der Waals surface area contributed by atoms with Crippen molar-refractivity contribution in [1.82, 2.24) is 4.90 Å². The van der Waals surface area contributed by atoms with Crippen molar-refractivity contribution in [2.75, 3.05) is 18.4 Å². The summed E-state index contributed by atoms with van der Waals surface area (Å²) in [5.74, 6) is 1.28. The SMILES string of the molecule is Cc1ccc(NC(=O)[C@H](c2ccccc2)N2C[C@@H](C)C[C@H](C)C2)cc1. The molecule has 3 nitrogen and oxygen atoms in total. The molecule has 1 fully saturated rings. The highest BCUT2D eigenvalue weighted by Gasteiger charge is 2.32. The Morgan fingerprint density at radius 2 is 1.60 bits per heavy atom. The zero-order valence-electron chi connectivity index (χ0n) is 15.4. The normalized spacial score (nSPS) is 22.4. The van der Waals surface area contributed by atoms with Gasteiger partial charge in [-0.2, -0.15) is 0 Å². The molecular weight excluding hydrogens is 308 g/mol. The van der Waals surface area contributed by atoms with Crippen molar-refractivity contribution in [3.63, 3.8) is 0 Å². The molecule has 0 unspecified atom stereocenters. The summed E-state index contributed by atoms with van der Waals surface area (Å²) in [6.45, 7) is 8.54. The molecule has 1 amide bonds. The van der Waals surface area contributed by atoms with Crippen molar-refractivity contribution in [1.29, 1.82) is 0 Å². The first-order chi connectivity index (χ1) is 12.0. The Balaban J connectivity index is 1.85. The van der Waals surface area contributed by atoms with Gasteiger partial charge < -0.3 is 5.32 Å². The third-order valence-electron chi connectivity index (χ3n) is 4.95. The summed E-state index contributed by atoms with van der Waals surface area (Å²) in [4.78, 5) is 15.5. The number of benzene rings is 2. The highest BCUT2D eigenvalue weighted by molar-refractivity contribution is 5.95. The topological polar surface area (TPSA) is 32.3 Å². The fourth-order valence-electron chi connectivity index (χ4n) is 3.93. The molecule has 1 heterocycles. The van der Waals surface area contributed by atoms with E-state index in [-0.39, 0.29) is 11.9 Å². The van der Waals surface area contributed by atoms with E-state index in [9.17, 15) is 4.79 Å². The maximum atomic E-state index is 13.2. The van der Waals surface area contributed by atoms with Gasteiger partial charge in [0.2, 0.25) is 5.91 Å². The Kier molecular flexibility index (Phi) is 5.54. The van der Waals surface area contributed by atoms with Gasteiger partial charge in [0.25, 0.3) is 0 Å². The summed E-state index contributed by atoms with van der Waals surface area (Å²) in [6, 6.07) is 17.9. The highest BCUT2D eigenvalue weighted by Crippen LogP contribution is 2.30. The zero-order chi connectivity index (χ0) is 17.8. The van der Waals surface area contributed by atoms with Gasteiger partial charge in [0.1, 0.15) is 6.04 Å². The van der Waals surface area contributed by atoms with E-state index in [2.05, 4.69) is 43.1 Å². The van der Waals surface area contributed by atoms with Gasteiger partial charge in [0.05, 0.1) is 0 Å². The third kappa shape index (κ3) is 4.49. The van der Waals surface area contributed by atoms with Crippen LogP contribution in [0.1, 0.15) is 37.4 Å². The van der Waals surface area contributed by atoms with Crippen LogP contribution in [0.2, 0.25) is 0 Å². The molecule has 0 radical (unpaired) electrons. The van der Waals surface area contributed by atoms with Crippen molar-refractivity contribution in [2.45, 2.75) is 33.2 Å². The van der Waals surface area contributed by atoms with Crippen LogP contribution in [-0.2, 0) is 4.79 Å². The second kappa shape index (κ2) is 7.83. The van der Waals surface area contributed by atoms with E-state index < -0.39 is 0 Å². The molecule has 0 aromatic heterocycles. The number of hydrogen-bond acceptors (Lipinski definition) is 2. The molecule has 2 aromatic rings. The van der Waals surface area contributed by atoms with E-state index in [1.165, 1.54) is 12.0 Å². The minimum absolute atomic E-state index is 0.0522. The van der Waals surface area contributed by atoms with Crippen molar-refractivity contribution < 1.29 is 4.79 Å². The van der Waals surface area contributed by atoms with Crippen LogP contribution in [0.4, 0.5) is 5.69 Å². The molecule has 0 aliphatic carbocycles. The van der Waals surface area contributed by atoms with Gasteiger partial charge in [-0.15, -0.1) is 0 Å². The largest absolute Gasteiger partial charge is 0.324 e. The predicted molar refractivity (Wildman–Crippen MR) is 104 cm³/mol. The van der Waals surface area contributed by atoms with Crippen LogP contribution in [0.15, 0.2) is 54.6 Å². The minimum Gasteiger partial charge on any atom is -0.324 e. The Hall–Kier alpha value is -2.13. The van der Waals surface area contributed by atoms with Crippen LogP contribution < -0.4 is 5.32 Å². The summed E-state index contributed by atoms with van der Waals surface area (Å²) in [6.07, 6.45) is 1.23. The molecule has 25 heavy (non-hydrogen) atoms. The van der Waals surface area contributed by atoms with Crippen LogP contribution >= 0.6 is 0 Å². The van der Waals surface area contributed by atoms with Crippen molar-refractivity contribution >= 4 is 11.6 Å². The van der Waals surface area contributed by atoms with E-state index in [1.807, 2.05) is 42.5 Å². The van der Waals surface area contributed by atoms with Gasteiger partial charge in [-0.05, 0) is 42.9 Å². The summed E-state index contributed by atoms with van der Waals surface area (Å²) in [5.41, 5.74) is 3.11. The number of nitrogens with zero attached hydrogens (tertiary/aromatic N) is 1. The summed E-state index contributed by atoms with van der Waals surface area (Å²) >= 11 is 0. The fraction of sp³-hybridized carbons (Fsp3) is 0.409. The van der Waals surface area contributed by atoms with Crippen LogP contribution in [0.25, 0.3) is 0 Å². The predicted octanol–water partition coefficient (Wildman–Crippen LogP) is 4.65. The van der Waals surface area contributed by atoms with Gasteiger partial charge in [-0.25, -0.2) is 0 Å². The number of amides is 1. The summed E-state index contributed by atoms with van der Waals surface area (Å²) in [7, 11) is 0. The number of carbonyl (C=O) groups excluding carboxylic acids is 1. The Labute approximate surface area is 151 Å². The average Bonchev–Trinajstić information content (AvgIpc) is 2.57. The van der Waals surface area contributed by atoms with Crippen LogP contribution in [-0.4, -0.2) is 23.9 Å². The Morgan fingerprint density at radius 3 is 2.20 bits per heavy atom. The maximum Gasteiger partial charge on any atom is 0.246 e. The first-order valence-electron chi connectivity index (χ1n) is 9.19. The van der Waals surface area contributed by atoms with Gasteiger partial charge >= 0.3 is 0 Å². The molecule has 0 bridgehead atoms. The lowest BCUT2D eigenvalue weighted by molar-refractivity contribution is -0.122. The fourth-order valence-corrected chi connectivity index (χ4v) is 3.93. The lowest BCUT2D eigenvalue weighted by Crippen LogP contribution is -2.45. The molecule has 2 aromatic carbocycles. The van der Waals surface area contributed by atoms with E-state index >= 15 is 0 Å². The second-order valence-electron chi connectivity index (χ2n) is 7.57. The number of rotatable bonds is 4. The third-order valence-corrected chi connectivity index (χ3v) is 4.95. The average molecular weight is 336 g/mol. The van der Waals surface area contributed by atoms with Gasteiger partial charge in [-0.3, -0.25) is 9.69 Å². The van der Waals surface area contributed by atoms with Gasteiger partial charge in [0.15, 0.2) is 0 Å². The number of piperidine rings is 1. The number of likely N-dealkylation sites (tertiary alicyclic amines) is 1. The number of aryl methyl sites for hydroxylation is 1. The second-order valence-corrected chi connectivity index (χ2v) is 7.57. The molecule has 1 saturated heterocycles. The Morgan fingerprint density at radius 1 is 1.00 bits per heavy atom. The molecule has 132 valence electrons. The van der Waals surface area contributed by atoms with Gasteiger partial charge in [-0.1, -0.05) is 61.9 Å². The van der Waals surface area contributed by atoms with Crippen LogP contribution in [0.5, 0.6) is 0 Å². The lowest BCUT2D eigenvalue weighted by Gasteiger charge is -2.39. The molecule has 3 atom stereocenters. The molecule has 0 saturated carbocycles. The standard InChI is InChI=1S/C22H28N2O/c1-16-9-11-20(12-10-16)23-22(25)21(19-7-5-4-6-8-19)24-14-17(2)13-18(3)15-24/h4-12,17-18,21H,13-15H2,1-3H3,(H,23,25)/t17-,18-,21-/m0/s1. The molecule has 1 aliphatic rings. The monoisotopic (exact) mass is 336 g/mol. The number of carbonyl (C=O) groups is 1. The first-order valence-corrected chi connectivity index (χ1v) is 9.19. The van der Waals surface area contributed by atoms with E-state index in [0.29, 0.717) is 11.8 Å². The molecule has 0 spiro atoms. The van der Waals surface area contributed by atoms with Gasteiger partial charge in [0, 0.05) is 18.8 Å². The van der Waals surface area contributed by atoms with E-state index in [4.69, 9.17) is 0 Å². The lowest BCUT2D eigenvalue weighted by atomic mass is 9.89. The highest BCUT2D eigenvalue weighted by atomic mass is 16.2. The van der Waals surface area contributed by atoms with Crippen molar-refractivity contribution in [3.05, 3.63) is 65.7 Å². The molecule has 3 heteroatoms. The smallest absolute Gasteiger partial charge is 0.246 e. The van der Waals surface area contributed by atoms with Crippen LogP contribution in [0, 0.1) is 18.8 Å². The Bertz CT molecular complexity index is 686.